The number of hydrogen-bond donors (Lipinski definition) is 5. The summed E-state index contributed by atoms with van der Waals surface area (Å²) in [6.45, 7) is -0.473. The van der Waals surface area contributed by atoms with Gasteiger partial charge in [0, 0.05) is 12.7 Å². The highest BCUT2D eigenvalue weighted by molar-refractivity contribution is 5.16. The number of benzene rings is 1. The van der Waals surface area contributed by atoms with Gasteiger partial charge in [0.25, 0.3) is 0 Å². The van der Waals surface area contributed by atoms with Crippen LogP contribution in [0.15, 0.2) is 30.3 Å². The molecule has 0 aromatic heterocycles. The van der Waals surface area contributed by atoms with Gasteiger partial charge in [0.1, 0.15) is 48.8 Å². The van der Waals surface area contributed by atoms with Crippen molar-refractivity contribution in [3.63, 3.8) is 0 Å². The van der Waals surface area contributed by atoms with Gasteiger partial charge in [0.15, 0.2) is 18.9 Å². The lowest BCUT2D eigenvalue weighted by Crippen LogP contribution is -2.66. The van der Waals surface area contributed by atoms with Crippen molar-refractivity contribution in [2.24, 2.45) is 0 Å². The predicted molar refractivity (Wildman–Crippen MR) is 100 cm³/mol. The molecule has 174 valence electrons. The van der Waals surface area contributed by atoms with Crippen LogP contribution in [0.1, 0.15) is 11.9 Å². The fraction of sp³-hybridized carbons (Fsp3) is 0.700. The summed E-state index contributed by atoms with van der Waals surface area (Å²) < 4.78 is 34.0. The first-order chi connectivity index (χ1) is 14.9. The minimum atomic E-state index is -1.63. The molecule has 0 bridgehead atoms. The Morgan fingerprint density at radius 1 is 0.903 bits per heavy atom. The van der Waals surface area contributed by atoms with Crippen molar-refractivity contribution >= 4 is 0 Å². The Morgan fingerprint density at radius 3 is 2.32 bits per heavy atom. The van der Waals surface area contributed by atoms with E-state index in [-0.39, 0.29) is 6.61 Å². The highest BCUT2D eigenvalue weighted by Gasteiger charge is 2.53. The van der Waals surface area contributed by atoms with E-state index in [9.17, 15) is 25.5 Å². The van der Waals surface area contributed by atoms with Gasteiger partial charge in [0.2, 0.25) is 0 Å². The van der Waals surface area contributed by atoms with Gasteiger partial charge in [-0.2, -0.15) is 0 Å². The Bertz CT molecular complexity index is 704. The summed E-state index contributed by atoms with van der Waals surface area (Å²) in [6, 6.07) is 9.19. The van der Waals surface area contributed by atoms with E-state index >= 15 is 0 Å². The van der Waals surface area contributed by atoms with Crippen molar-refractivity contribution in [3.05, 3.63) is 35.9 Å². The number of hydrogen-bond acceptors (Lipinski definition) is 11. The molecule has 11 nitrogen and oxygen atoms in total. The maximum atomic E-state index is 10.8. The van der Waals surface area contributed by atoms with Crippen molar-refractivity contribution in [1.82, 2.24) is 0 Å². The van der Waals surface area contributed by atoms with Gasteiger partial charge >= 0.3 is 0 Å². The SMILES string of the molecule is CO[C@@H]1O[C@@H]2COC(c3ccccc3)O[C@H]2[C@H](O[C@H]2O[C@H](CO)[C@@H](O)[C@H](O)[C@H]2O)[C@H]1O. The highest BCUT2D eigenvalue weighted by Crippen LogP contribution is 2.37. The molecule has 1 aromatic carbocycles. The van der Waals surface area contributed by atoms with Gasteiger partial charge in [-0.25, -0.2) is 0 Å². The van der Waals surface area contributed by atoms with E-state index in [1.807, 2.05) is 30.3 Å². The van der Waals surface area contributed by atoms with Crippen LogP contribution >= 0.6 is 0 Å². The van der Waals surface area contributed by atoms with Crippen LogP contribution in [0.2, 0.25) is 0 Å². The van der Waals surface area contributed by atoms with Crippen LogP contribution in [0.3, 0.4) is 0 Å². The number of methoxy groups -OCH3 is 1. The third-order valence-electron chi connectivity index (χ3n) is 5.75. The molecule has 0 spiro atoms. The Morgan fingerprint density at radius 2 is 1.65 bits per heavy atom. The van der Waals surface area contributed by atoms with E-state index in [1.54, 1.807) is 0 Å². The summed E-state index contributed by atoms with van der Waals surface area (Å²) in [5, 5.41) is 50.6. The second kappa shape index (κ2) is 9.73. The van der Waals surface area contributed by atoms with Crippen molar-refractivity contribution < 1.29 is 54.0 Å². The molecule has 31 heavy (non-hydrogen) atoms. The van der Waals surface area contributed by atoms with E-state index in [0.29, 0.717) is 0 Å². The monoisotopic (exact) mass is 444 g/mol. The first-order valence-electron chi connectivity index (χ1n) is 10.1. The topological polar surface area (TPSA) is 157 Å². The molecule has 0 amide bonds. The van der Waals surface area contributed by atoms with E-state index in [4.69, 9.17) is 28.4 Å². The Kier molecular flexibility index (Phi) is 7.20. The molecule has 0 radical (unpaired) electrons. The van der Waals surface area contributed by atoms with Gasteiger partial charge < -0.3 is 54.0 Å². The molecule has 0 saturated carbocycles. The summed E-state index contributed by atoms with van der Waals surface area (Å²) >= 11 is 0. The van der Waals surface area contributed by atoms with Crippen LogP contribution in [0.25, 0.3) is 0 Å². The van der Waals surface area contributed by atoms with Crippen molar-refractivity contribution in [3.8, 4) is 0 Å². The maximum absolute atomic E-state index is 10.8. The fourth-order valence-corrected chi connectivity index (χ4v) is 4.03. The Hall–Kier alpha value is -1.22. The lowest BCUT2D eigenvalue weighted by molar-refractivity contribution is -0.390. The molecule has 0 aliphatic carbocycles. The van der Waals surface area contributed by atoms with E-state index in [2.05, 4.69) is 0 Å². The molecular formula is C20H28O11. The molecule has 3 aliphatic heterocycles. The summed E-state index contributed by atoms with van der Waals surface area (Å²) in [7, 11) is 1.36. The standard InChI is InChI=1S/C20H28O11/c1-26-19-15(25)17(31-20-14(24)13(23)12(22)10(7-21)28-20)16-11(29-19)8-27-18(30-16)9-5-3-2-4-6-9/h2-6,10-25H,7-8H2,1H3/t10-,11-,12-,13+,14-,15-,16-,17-,18?,19-,20-/m1/s1. The molecule has 1 aromatic rings. The third kappa shape index (κ3) is 4.49. The predicted octanol–water partition coefficient (Wildman–Crippen LogP) is -1.98. The zero-order valence-corrected chi connectivity index (χ0v) is 16.8. The third-order valence-corrected chi connectivity index (χ3v) is 5.75. The lowest BCUT2D eigenvalue weighted by Gasteiger charge is -2.49. The smallest absolute Gasteiger partial charge is 0.187 e. The quantitative estimate of drug-likeness (QED) is 0.343. The Labute approximate surface area is 178 Å². The zero-order valence-electron chi connectivity index (χ0n) is 16.8. The van der Waals surface area contributed by atoms with E-state index < -0.39 is 74.3 Å². The summed E-state index contributed by atoms with van der Waals surface area (Å²) in [6.07, 6.45) is -13.1. The molecule has 3 fully saturated rings. The molecule has 1 unspecified atom stereocenters. The number of aliphatic hydroxyl groups is 5. The number of rotatable bonds is 5. The van der Waals surface area contributed by atoms with Crippen molar-refractivity contribution in [2.45, 2.75) is 67.7 Å². The molecule has 3 saturated heterocycles. The van der Waals surface area contributed by atoms with Crippen molar-refractivity contribution in [2.75, 3.05) is 20.3 Å². The molecule has 11 heteroatoms. The second-order valence-electron chi connectivity index (χ2n) is 7.74. The second-order valence-corrected chi connectivity index (χ2v) is 7.74. The summed E-state index contributed by atoms with van der Waals surface area (Å²) in [5.74, 6) is 0. The molecule has 4 rings (SSSR count). The van der Waals surface area contributed by atoms with Crippen LogP contribution in [-0.4, -0.2) is 107 Å². The Balaban J connectivity index is 1.55. The zero-order chi connectivity index (χ0) is 22.1. The highest BCUT2D eigenvalue weighted by atomic mass is 16.8. The van der Waals surface area contributed by atoms with E-state index in [1.165, 1.54) is 7.11 Å². The normalized spacial score (nSPS) is 45.8. The first kappa shape index (κ1) is 23.0. The van der Waals surface area contributed by atoms with Gasteiger partial charge in [-0.3, -0.25) is 0 Å². The fourth-order valence-electron chi connectivity index (χ4n) is 4.03. The maximum Gasteiger partial charge on any atom is 0.187 e. The molecule has 3 aliphatic rings. The summed E-state index contributed by atoms with van der Waals surface area (Å²) in [4.78, 5) is 0. The minimum Gasteiger partial charge on any atom is -0.394 e. The van der Waals surface area contributed by atoms with Gasteiger partial charge in [-0.1, -0.05) is 30.3 Å². The van der Waals surface area contributed by atoms with Crippen LogP contribution in [0, 0.1) is 0 Å². The van der Waals surface area contributed by atoms with Gasteiger partial charge in [-0.15, -0.1) is 0 Å². The van der Waals surface area contributed by atoms with Gasteiger partial charge in [0.05, 0.1) is 13.2 Å². The number of ether oxygens (including phenoxy) is 6. The van der Waals surface area contributed by atoms with Crippen LogP contribution < -0.4 is 0 Å². The molecule has 3 heterocycles. The van der Waals surface area contributed by atoms with E-state index in [0.717, 1.165) is 5.56 Å². The largest absolute Gasteiger partial charge is 0.394 e. The molecule has 5 N–H and O–H groups in total. The van der Waals surface area contributed by atoms with Crippen LogP contribution in [0.4, 0.5) is 0 Å². The van der Waals surface area contributed by atoms with Gasteiger partial charge in [-0.05, 0) is 0 Å². The average Bonchev–Trinajstić information content (AvgIpc) is 2.80. The number of fused-ring (bicyclic) bond motifs is 1. The van der Waals surface area contributed by atoms with Crippen LogP contribution in [-0.2, 0) is 28.4 Å². The number of aliphatic hydroxyl groups excluding tert-OH is 5. The van der Waals surface area contributed by atoms with Crippen molar-refractivity contribution in [1.29, 1.82) is 0 Å². The summed E-state index contributed by atoms with van der Waals surface area (Å²) in [5.41, 5.74) is 0.760. The average molecular weight is 444 g/mol. The van der Waals surface area contributed by atoms with Crippen LogP contribution in [0.5, 0.6) is 0 Å². The lowest BCUT2D eigenvalue weighted by atomic mass is 9.96. The molecule has 11 atom stereocenters. The first-order valence-corrected chi connectivity index (χ1v) is 10.1. The minimum absolute atomic E-state index is 0.130. The molecular weight excluding hydrogens is 416 g/mol.